The predicted molar refractivity (Wildman–Crippen MR) is 73.1 cm³/mol. The smallest absolute Gasteiger partial charge is 0.353 e. The van der Waals surface area contributed by atoms with Gasteiger partial charge in [0.1, 0.15) is 0 Å². The molecule has 0 aliphatic carbocycles. The lowest BCUT2D eigenvalue weighted by Crippen LogP contribution is -2.37. The Morgan fingerprint density at radius 1 is 1.63 bits per heavy atom. The molecular weight excluding hydrogens is 268 g/mol. The fourth-order valence-electron chi connectivity index (χ4n) is 1.84. The van der Waals surface area contributed by atoms with Crippen molar-refractivity contribution in [2.75, 3.05) is 12.3 Å². The lowest BCUT2D eigenvalue weighted by Gasteiger charge is -2.18. The number of hydrogen-bond donors (Lipinski definition) is 1. The average molecular weight is 283 g/mol. The normalized spacial score (nSPS) is 21.7. The summed E-state index contributed by atoms with van der Waals surface area (Å²) in [7, 11) is 0. The van der Waals surface area contributed by atoms with E-state index in [2.05, 4.69) is 5.16 Å². The van der Waals surface area contributed by atoms with Crippen LogP contribution in [0.15, 0.2) is 23.4 Å². The maximum Gasteiger partial charge on any atom is 0.353 e. The molecule has 0 amide bonds. The van der Waals surface area contributed by atoms with Gasteiger partial charge in [-0.05, 0) is 32.0 Å². The third-order valence-electron chi connectivity index (χ3n) is 2.87. The third kappa shape index (κ3) is 2.66. The molecule has 0 spiro atoms. The molecule has 1 aliphatic heterocycles. The summed E-state index contributed by atoms with van der Waals surface area (Å²) >= 11 is 6.10. The molecule has 5 nitrogen and oxygen atoms in total. The molecule has 102 valence electrons. The van der Waals surface area contributed by atoms with Crippen LogP contribution in [0, 0.1) is 0 Å². The van der Waals surface area contributed by atoms with Gasteiger partial charge in [0.15, 0.2) is 0 Å². The van der Waals surface area contributed by atoms with Gasteiger partial charge in [-0.25, -0.2) is 4.79 Å². The molecule has 1 unspecified atom stereocenters. The Balaban J connectivity index is 2.22. The Bertz CT molecular complexity index is 545. The summed E-state index contributed by atoms with van der Waals surface area (Å²) in [6, 6.07) is 5.10. The SMILES string of the molecule is CCOC(=O)C1(C)CC(c2cc(N)ccc2Cl)=NO1. The zero-order chi connectivity index (χ0) is 14.0. The largest absolute Gasteiger partial charge is 0.463 e. The molecule has 1 atom stereocenters. The van der Waals surface area contributed by atoms with Crippen LogP contribution < -0.4 is 5.73 Å². The highest BCUT2D eigenvalue weighted by Crippen LogP contribution is 2.31. The van der Waals surface area contributed by atoms with Crippen LogP contribution in [0.25, 0.3) is 0 Å². The third-order valence-corrected chi connectivity index (χ3v) is 3.20. The van der Waals surface area contributed by atoms with E-state index in [4.69, 9.17) is 26.9 Å². The minimum Gasteiger partial charge on any atom is -0.463 e. The summed E-state index contributed by atoms with van der Waals surface area (Å²) < 4.78 is 4.97. The van der Waals surface area contributed by atoms with E-state index in [1.165, 1.54) is 0 Å². The Morgan fingerprint density at radius 2 is 2.37 bits per heavy atom. The number of benzene rings is 1. The first-order valence-electron chi connectivity index (χ1n) is 5.94. The van der Waals surface area contributed by atoms with E-state index >= 15 is 0 Å². The van der Waals surface area contributed by atoms with Crippen molar-refractivity contribution in [2.45, 2.75) is 25.9 Å². The number of anilines is 1. The Hall–Kier alpha value is -1.75. The second-order valence-electron chi connectivity index (χ2n) is 4.50. The van der Waals surface area contributed by atoms with E-state index in [0.717, 1.165) is 0 Å². The van der Waals surface area contributed by atoms with Crippen LogP contribution in [-0.2, 0) is 14.4 Å². The predicted octanol–water partition coefficient (Wildman–Crippen LogP) is 2.37. The number of oxime groups is 1. The van der Waals surface area contributed by atoms with Crippen LogP contribution >= 0.6 is 11.6 Å². The molecule has 0 radical (unpaired) electrons. The lowest BCUT2D eigenvalue weighted by atomic mass is 9.96. The first-order chi connectivity index (χ1) is 8.96. The summed E-state index contributed by atoms with van der Waals surface area (Å²) in [5, 5.41) is 4.46. The van der Waals surface area contributed by atoms with Crippen molar-refractivity contribution < 1.29 is 14.4 Å². The van der Waals surface area contributed by atoms with Gasteiger partial charge in [0.25, 0.3) is 0 Å². The van der Waals surface area contributed by atoms with Crippen LogP contribution in [0.4, 0.5) is 5.69 Å². The molecule has 1 aliphatic rings. The van der Waals surface area contributed by atoms with Gasteiger partial charge >= 0.3 is 5.97 Å². The molecule has 2 N–H and O–H groups in total. The highest BCUT2D eigenvalue weighted by atomic mass is 35.5. The fourth-order valence-corrected chi connectivity index (χ4v) is 2.07. The molecular formula is C13H15ClN2O3. The molecule has 1 heterocycles. The second-order valence-corrected chi connectivity index (χ2v) is 4.90. The van der Waals surface area contributed by atoms with Gasteiger partial charge in [-0.1, -0.05) is 16.8 Å². The van der Waals surface area contributed by atoms with Gasteiger partial charge in [-0.15, -0.1) is 0 Å². The van der Waals surface area contributed by atoms with E-state index < -0.39 is 11.6 Å². The van der Waals surface area contributed by atoms with Gasteiger partial charge in [-0.2, -0.15) is 0 Å². The number of esters is 1. The molecule has 2 rings (SSSR count). The standard InChI is InChI=1S/C13H15ClN2O3/c1-3-18-12(17)13(2)7-11(16-19-13)9-6-8(15)4-5-10(9)14/h4-6H,3,7,15H2,1-2H3. The molecule has 0 saturated heterocycles. The minimum absolute atomic E-state index is 0.298. The number of nitrogens with two attached hydrogens (primary N) is 1. The maximum atomic E-state index is 11.8. The summed E-state index contributed by atoms with van der Waals surface area (Å²) in [4.78, 5) is 17.0. The number of carbonyl (C=O) groups is 1. The number of rotatable bonds is 3. The van der Waals surface area contributed by atoms with Gasteiger partial charge < -0.3 is 15.3 Å². The van der Waals surface area contributed by atoms with Crippen molar-refractivity contribution in [1.29, 1.82) is 0 Å². The van der Waals surface area contributed by atoms with Gasteiger partial charge in [0.05, 0.1) is 12.3 Å². The quantitative estimate of drug-likeness (QED) is 0.682. The Kier molecular flexibility index (Phi) is 3.66. The molecule has 0 aromatic heterocycles. The molecule has 0 bridgehead atoms. The maximum absolute atomic E-state index is 11.8. The van der Waals surface area contributed by atoms with Gasteiger partial charge in [0, 0.05) is 22.7 Å². The van der Waals surface area contributed by atoms with E-state index in [1.807, 2.05) is 0 Å². The molecule has 0 fully saturated rings. The van der Waals surface area contributed by atoms with Crippen LogP contribution in [0.5, 0.6) is 0 Å². The van der Waals surface area contributed by atoms with Crippen molar-refractivity contribution in [3.8, 4) is 0 Å². The summed E-state index contributed by atoms with van der Waals surface area (Å²) in [5.74, 6) is -0.436. The Labute approximate surface area is 116 Å². The average Bonchev–Trinajstić information content (AvgIpc) is 2.77. The molecule has 19 heavy (non-hydrogen) atoms. The minimum atomic E-state index is -1.10. The highest BCUT2D eigenvalue weighted by molar-refractivity contribution is 6.34. The number of hydrogen-bond acceptors (Lipinski definition) is 5. The van der Waals surface area contributed by atoms with Crippen molar-refractivity contribution in [2.24, 2.45) is 5.16 Å². The van der Waals surface area contributed by atoms with Crippen LogP contribution in [0.1, 0.15) is 25.8 Å². The van der Waals surface area contributed by atoms with Crippen molar-refractivity contribution >= 4 is 29.0 Å². The van der Waals surface area contributed by atoms with Crippen molar-refractivity contribution in [3.63, 3.8) is 0 Å². The zero-order valence-electron chi connectivity index (χ0n) is 10.8. The monoisotopic (exact) mass is 282 g/mol. The second kappa shape index (κ2) is 5.09. The van der Waals surface area contributed by atoms with Gasteiger partial charge in [0.2, 0.25) is 5.60 Å². The fraction of sp³-hybridized carbons (Fsp3) is 0.385. The van der Waals surface area contributed by atoms with E-state index in [0.29, 0.717) is 35.0 Å². The summed E-state index contributed by atoms with van der Waals surface area (Å²) in [5.41, 5.74) is 6.47. The summed E-state index contributed by atoms with van der Waals surface area (Å²) in [6.07, 6.45) is 0.301. The van der Waals surface area contributed by atoms with Crippen LogP contribution in [-0.4, -0.2) is 23.9 Å². The van der Waals surface area contributed by atoms with E-state index in [1.54, 1.807) is 32.0 Å². The van der Waals surface area contributed by atoms with Gasteiger partial charge in [-0.3, -0.25) is 0 Å². The summed E-state index contributed by atoms with van der Waals surface area (Å²) in [6.45, 7) is 3.68. The van der Waals surface area contributed by atoms with Crippen LogP contribution in [0.2, 0.25) is 5.02 Å². The molecule has 1 aromatic carbocycles. The zero-order valence-corrected chi connectivity index (χ0v) is 11.5. The van der Waals surface area contributed by atoms with Crippen LogP contribution in [0.3, 0.4) is 0 Å². The van der Waals surface area contributed by atoms with E-state index in [9.17, 15) is 4.79 Å². The first kappa shape index (κ1) is 13.7. The number of ether oxygens (including phenoxy) is 1. The molecule has 0 saturated carbocycles. The number of carbonyl (C=O) groups excluding carboxylic acids is 1. The number of nitrogen functional groups attached to an aromatic ring is 1. The first-order valence-corrected chi connectivity index (χ1v) is 6.32. The van der Waals surface area contributed by atoms with Crippen molar-refractivity contribution in [3.05, 3.63) is 28.8 Å². The number of halogens is 1. The van der Waals surface area contributed by atoms with E-state index in [-0.39, 0.29) is 0 Å². The number of nitrogens with zero attached hydrogens (tertiary/aromatic N) is 1. The Morgan fingerprint density at radius 3 is 3.05 bits per heavy atom. The van der Waals surface area contributed by atoms with Crippen molar-refractivity contribution in [1.82, 2.24) is 0 Å². The lowest BCUT2D eigenvalue weighted by molar-refractivity contribution is -0.166. The topological polar surface area (TPSA) is 73.9 Å². The molecule has 1 aromatic rings. The molecule has 6 heteroatoms. The highest BCUT2D eigenvalue weighted by Gasteiger charge is 2.44.